The average Bonchev–Trinajstić information content (AvgIpc) is 2.84. The summed E-state index contributed by atoms with van der Waals surface area (Å²) in [7, 11) is 0. The van der Waals surface area contributed by atoms with Gasteiger partial charge in [0.05, 0.1) is 17.1 Å². The fourth-order valence-electron chi connectivity index (χ4n) is 2.39. The second kappa shape index (κ2) is 5.66. The van der Waals surface area contributed by atoms with Crippen molar-refractivity contribution in [3.05, 3.63) is 51.9 Å². The van der Waals surface area contributed by atoms with Crippen LogP contribution < -0.4 is 5.56 Å². The third-order valence-corrected chi connectivity index (χ3v) is 5.22. The van der Waals surface area contributed by atoms with Crippen molar-refractivity contribution >= 4 is 23.5 Å². The molecule has 2 heterocycles. The van der Waals surface area contributed by atoms with Gasteiger partial charge in [-0.05, 0) is 11.8 Å². The van der Waals surface area contributed by atoms with Crippen molar-refractivity contribution in [1.82, 2.24) is 9.55 Å². The minimum Gasteiger partial charge on any atom is -0.282 e. The lowest BCUT2D eigenvalue weighted by Gasteiger charge is -2.12. The van der Waals surface area contributed by atoms with Crippen molar-refractivity contribution in [2.24, 2.45) is 0 Å². The van der Waals surface area contributed by atoms with Gasteiger partial charge >= 0.3 is 0 Å². The van der Waals surface area contributed by atoms with Crippen LogP contribution in [0.1, 0.15) is 18.2 Å². The minimum absolute atomic E-state index is 0.109. The molecule has 3 rings (SSSR count). The van der Waals surface area contributed by atoms with Crippen LogP contribution in [0.2, 0.25) is 0 Å². The van der Waals surface area contributed by atoms with Crippen LogP contribution in [-0.4, -0.2) is 21.1 Å². The molecular formula is C15H16N2OS2. The summed E-state index contributed by atoms with van der Waals surface area (Å²) in [5.41, 5.74) is 2.21. The fourth-order valence-corrected chi connectivity index (χ4v) is 4.08. The third-order valence-electron chi connectivity index (χ3n) is 3.33. The number of rotatable bonds is 3. The van der Waals surface area contributed by atoms with Gasteiger partial charge < -0.3 is 0 Å². The minimum atomic E-state index is 0.109. The largest absolute Gasteiger partial charge is 0.282 e. The van der Waals surface area contributed by atoms with E-state index in [0.717, 1.165) is 27.7 Å². The molecule has 0 radical (unpaired) electrons. The summed E-state index contributed by atoms with van der Waals surface area (Å²) in [5.74, 6) is 0. The van der Waals surface area contributed by atoms with Crippen molar-refractivity contribution in [3.8, 4) is 0 Å². The summed E-state index contributed by atoms with van der Waals surface area (Å²) in [5, 5.41) is 1.26. The second-order valence-corrected chi connectivity index (χ2v) is 7.11. The van der Waals surface area contributed by atoms with Crippen molar-refractivity contribution in [3.63, 3.8) is 0 Å². The van der Waals surface area contributed by atoms with Gasteiger partial charge in [0.1, 0.15) is 0 Å². The summed E-state index contributed by atoms with van der Waals surface area (Å²) in [4.78, 5) is 18.2. The zero-order chi connectivity index (χ0) is 14.1. The molecule has 3 nitrogen and oxygen atoms in total. The first kappa shape index (κ1) is 13.8. The Morgan fingerprint density at radius 2 is 2.15 bits per heavy atom. The maximum atomic E-state index is 12.7. The number of nitrogens with zero attached hydrogens (tertiary/aromatic N) is 2. The Balaban J connectivity index is 2.07. The summed E-state index contributed by atoms with van der Waals surface area (Å²) >= 11 is 3.20. The molecule has 0 saturated heterocycles. The van der Waals surface area contributed by atoms with Gasteiger partial charge in [-0.15, -0.1) is 11.8 Å². The highest BCUT2D eigenvalue weighted by Gasteiger charge is 2.25. The van der Waals surface area contributed by atoms with Crippen LogP contribution in [0.5, 0.6) is 0 Å². The third kappa shape index (κ3) is 2.52. The Morgan fingerprint density at radius 3 is 2.85 bits per heavy atom. The highest BCUT2D eigenvalue weighted by atomic mass is 32.2. The van der Waals surface area contributed by atoms with E-state index in [1.54, 1.807) is 16.3 Å². The molecule has 5 heteroatoms. The maximum absolute atomic E-state index is 12.7. The lowest BCUT2D eigenvalue weighted by atomic mass is 10.2. The maximum Gasteiger partial charge on any atom is 0.268 e. The van der Waals surface area contributed by atoms with Crippen LogP contribution in [0.3, 0.4) is 0 Å². The number of hydrogen-bond donors (Lipinski definition) is 0. The van der Waals surface area contributed by atoms with Crippen molar-refractivity contribution in [2.45, 2.75) is 35.2 Å². The van der Waals surface area contributed by atoms with Gasteiger partial charge in [0.15, 0.2) is 5.16 Å². The number of fused-ring (bicyclic) bond motifs is 1. The normalized spacial score (nSPS) is 17.2. The van der Waals surface area contributed by atoms with Crippen molar-refractivity contribution in [2.75, 3.05) is 6.26 Å². The monoisotopic (exact) mass is 304 g/mol. The highest BCUT2D eigenvalue weighted by molar-refractivity contribution is 8.00. The van der Waals surface area contributed by atoms with Gasteiger partial charge in [0, 0.05) is 11.7 Å². The van der Waals surface area contributed by atoms with E-state index in [4.69, 9.17) is 0 Å². The van der Waals surface area contributed by atoms with E-state index in [-0.39, 0.29) is 5.56 Å². The van der Waals surface area contributed by atoms with E-state index >= 15 is 0 Å². The van der Waals surface area contributed by atoms with E-state index in [9.17, 15) is 4.79 Å². The lowest BCUT2D eigenvalue weighted by molar-refractivity contribution is 0.615. The van der Waals surface area contributed by atoms with E-state index in [0.29, 0.717) is 11.8 Å². The Morgan fingerprint density at radius 1 is 1.40 bits per heavy atom. The molecule has 1 aliphatic heterocycles. The van der Waals surface area contributed by atoms with Crippen LogP contribution in [0.25, 0.3) is 0 Å². The van der Waals surface area contributed by atoms with Gasteiger partial charge in [-0.3, -0.25) is 9.36 Å². The van der Waals surface area contributed by atoms with Gasteiger partial charge in [0.2, 0.25) is 0 Å². The quantitative estimate of drug-likeness (QED) is 0.645. The first-order valence-corrected chi connectivity index (χ1v) is 8.67. The predicted octanol–water partition coefficient (Wildman–Crippen LogP) is 3.05. The zero-order valence-corrected chi connectivity index (χ0v) is 13.1. The predicted molar refractivity (Wildman–Crippen MR) is 84.8 cm³/mol. The molecule has 104 valence electrons. The van der Waals surface area contributed by atoms with E-state index in [2.05, 4.69) is 11.9 Å². The molecular weight excluding hydrogens is 288 g/mol. The summed E-state index contributed by atoms with van der Waals surface area (Å²) in [6, 6.07) is 10.1. The smallest absolute Gasteiger partial charge is 0.268 e. The summed E-state index contributed by atoms with van der Waals surface area (Å²) < 4.78 is 1.80. The van der Waals surface area contributed by atoms with Crippen molar-refractivity contribution < 1.29 is 0 Å². The van der Waals surface area contributed by atoms with Crippen molar-refractivity contribution in [1.29, 1.82) is 0 Å². The number of benzene rings is 1. The molecule has 0 amide bonds. The van der Waals surface area contributed by atoms with E-state index < -0.39 is 0 Å². The Hall–Kier alpha value is -1.20. The van der Waals surface area contributed by atoms with Crippen LogP contribution in [0.4, 0.5) is 0 Å². The Kier molecular flexibility index (Phi) is 3.89. The molecule has 0 spiro atoms. The fraction of sp³-hybridized carbons (Fsp3) is 0.333. The number of thioether (sulfide) groups is 2. The van der Waals surface area contributed by atoms with Crippen LogP contribution in [-0.2, 0) is 13.0 Å². The molecule has 1 atom stereocenters. The molecule has 1 aliphatic rings. The lowest BCUT2D eigenvalue weighted by Crippen LogP contribution is -2.25. The van der Waals surface area contributed by atoms with Gasteiger partial charge in [0.25, 0.3) is 5.56 Å². The first-order chi connectivity index (χ1) is 9.69. The van der Waals surface area contributed by atoms with E-state index in [1.165, 1.54) is 11.8 Å². The standard InChI is InChI=1S/C15H16N2OS2/c1-10-8-12-13(20-10)14(18)17(15(16-12)19-2)9-11-6-4-3-5-7-11/h3-7,10H,8-9H2,1-2H3/t10-/m1/s1. The molecule has 20 heavy (non-hydrogen) atoms. The molecule has 0 fully saturated rings. The van der Waals surface area contributed by atoms with E-state index in [1.807, 2.05) is 36.6 Å². The second-order valence-electron chi connectivity index (χ2n) is 4.88. The molecule has 0 unspecified atom stereocenters. The number of hydrogen-bond acceptors (Lipinski definition) is 4. The SMILES string of the molecule is CSc1nc2c(c(=O)n1Cc1ccccc1)S[C@H](C)C2. The first-order valence-electron chi connectivity index (χ1n) is 6.57. The highest BCUT2D eigenvalue weighted by Crippen LogP contribution is 2.33. The number of aromatic nitrogens is 2. The van der Waals surface area contributed by atoms with Crippen LogP contribution in [0, 0.1) is 0 Å². The van der Waals surface area contributed by atoms with Gasteiger partial charge in [-0.1, -0.05) is 49.0 Å². The summed E-state index contributed by atoms with van der Waals surface area (Å²) in [6.07, 6.45) is 2.87. The molecule has 0 aliphatic carbocycles. The molecule has 0 bridgehead atoms. The van der Waals surface area contributed by atoms with Crippen LogP contribution in [0.15, 0.2) is 45.2 Å². The molecule has 0 N–H and O–H groups in total. The van der Waals surface area contributed by atoms with Gasteiger partial charge in [-0.25, -0.2) is 4.98 Å². The summed E-state index contributed by atoms with van der Waals surface area (Å²) in [6.45, 7) is 2.73. The van der Waals surface area contributed by atoms with Crippen LogP contribution >= 0.6 is 23.5 Å². The average molecular weight is 304 g/mol. The molecule has 1 aromatic heterocycles. The Bertz CT molecular complexity index is 682. The van der Waals surface area contributed by atoms with Gasteiger partial charge in [-0.2, -0.15) is 0 Å². The molecule has 0 saturated carbocycles. The molecule has 2 aromatic rings. The topological polar surface area (TPSA) is 34.9 Å². The zero-order valence-electron chi connectivity index (χ0n) is 11.5. The molecule has 1 aromatic carbocycles. The Labute approximate surface area is 126 Å².